The Morgan fingerprint density at radius 1 is 1.43 bits per heavy atom. The van der Waals surface area contributed by atoms with Crippen LogP contribution in [0.2, 0.25) is 0 Å². The van der Waals surface area contributed by atoms with Crippen LogP contribution >= 0.6 is 0 Å². The van der Waals surface area contributed by atoms with Crippen molar-refractivity contribution in [2.45, 2.75) is 25.8 Å². The molecule has 0 spiro atoms. The Morgan fingerprint density at radius 2 is 2.14 bits per heavy atom. The monoisotopic (exact) mass is 285 g/mol. The minimum absolute atomic E-state index is 0.00554. The summed E-state index contributed by atoms with van der Waals surface area (Å²) in [6.07, 6.45) is 2.03. The molecule has 1 saturated heterocycles. The lowest BCUT2D eigenvalue weighted by molar-refractivity contribution is 0.0917. The molecule has 1 fully saturated rings. The largest absolute Gasteiger partial charge is 0.349 e. The first kappa shape index (κ1) is 15.6. The number of hydrogen-bond acceptors (Lipinski definition) is 3. The number of carbonyl (C=O) groups excluding carboxylic acids is 1. The molecule has 1 amide bonds. The van der Waals surface area contributed by atoms with E-state index in [0.717, 1.165) is 37.1 Å². The molecule has 2 rings (SSSR count). The minimum Gasteiger partial charge on any atom is -0.349 e. The molecular weight excluding hydrogens is 262 g/mol. The fourth-order valence-electron chi connectivity index (χ4n) is 2.51. The van der Waals surface area contributed by atoms with Gasteiger partial charge in [0.1, 0.15) is 0 Å². The normalized spacial score (nSPS) is 16.1. The van der Waals surface area contributed by atoms with E-state index < -0.39 is 0 Å². The molecule has 1 aliphatic heterocycles. The van der Waals surface area contributed by atoms with Gasteiger partial charge in [-0.05, 0) is 63.7 Å². The van der Waals surface area contributed by atoms with E-state index >= 15 is 0 Å². The molecule has 1 heterocycles. The van der Waals surface area contributed by atoms with Crippen molar-refractivity contribution in [1.82, 2.24) is 10.2 Å². The number of carbonyl (C=O) groups is 1. The van der Waals surface area contributed by atoms with Gasteiger partial charge in [0.25, 0.3) is 5.91 Å². The van der Waals surface area contributed by atoms with Crippen molar-refractivity contribution in [3.05, 3.63) is 34.9 Å². The summed E-state index contributed by atoms with van der Waals surface area (Å²) in [4.78, 5) is 14.6. The van der Waals surface area contributed by atoms with Crippen LogP contribution in [0.3, 0.4) is 0 Å². The summed E-state index contributed by atoms with van der Waals surface area (Å²) in [6, 6.07) is 5.90. The van der Waals surface area contributed by atoms with E-state index in [1.165, 1.54) is 0 Å². The lowest BCUT2D eigenvalue weighted by atomic mass is 10.0. The number of aryl methyl sites for hydroxylation is 1. The smallest absolute Gasteiger partial charge is 0.251 e. The molecule has 4 nitrogen and oxygen atoms in total. The minimum atomic E-state index is 0.00554. The molecule has 0 radical (unpaired) electrons. The Hall–Kier alpha value is -1.83. The lowest BCUT2D eigenvalue weighted by Crippen LogP contribution is -2.43. The van der Waals surface area contributed by atoms with Crippen LogP contribution < -0.4 is 11.1 Å². The van der Waals surface area contributed by atoms with Gasteiger partial charge in [-0.25, -0.2) is 0 Å². The Balaban J connectivity index is 2.01. The first-order valence-electron chi connectivity index (χ1n) is 7.39. The van der Waals surface area contributed by atoms with Gasteiger partial charge in [0, 0.05) is 17.2 Å². The van der Waals surface area contributed by atoms with Crippen LogP contribution in [0.1, 0.15) is 34.3 Å². The first-order valence-corrected chi connectivity index (χ1v) is 7.39. The van der Waals surface area contributed by atoms with Crippen molar-refractivity contribution in [3.8, 4) is 11.8 Å². The van der Waals surface area contributed by atoms with Crippen LogP contribution in [-0.2, 0) is 0 Å². The Kier molecular flexibility index (Phi) is 5.38. The van der Waals surface area contributed by atoms with E-state index in [0.29, 0.717) is 12.1 Å². The van der Waals surface area contributed by atoms with Crippen LogP contribution in [0.25, 0.3) is 0 Å². The van der Waals surface area contributed by atoms with E-state index in [1.807, 2.05) is 25.1 Å². The van der Waals surface area contributed by atoms with Gasteiger partial charge in [0.15, 0.2) is 0 Å². The van der Waals surface area contributed by atoms with Crippen LogP contribution in [-0.4, -0.2) is 43.5 Å². The topological polar surface area (TPSA) is 58.4 Å². The summed E-state index contributed by atoms with van der Waals surface area (Å²) in [5, 5.41) is 3.12. The molecule has 4 heteroatoms. The summed E-state index contributed by atoms with van der Waals surface area (Å²) >= 11 is 0. The van der Waals surface area contributed by atoms with Crippen molar-refractivity contribution in [2.75, 3.05) is 26.7 Å². The summed E-state index contributed by atoms with van der Waals surface area (Å²) in [5.74, 6) is 5.85. The summed E-state index contributed by atoms with van der Waals surface area (Å²) in [7, 11) is 2.11. The Morgan fingerprint density at radius 3 is 2.76 bits per heavy atom. The van der Waals surface area contributed by atoms with Gasteiger partial charge in [0.2, 0.25) is 0 Å². The average Bonchev–Trinajstić information content (AvgIpc) is 2.48. The second-order valence-electron chi connectivity index (χ2n) is 5.59. The second kappa shape index (κ2) is 7.26. The molecule has 21 heavy (non-hydrogen) atoms. The van der Waals surface area contributed by atoms with E-state index in [4.69, 9.17) is 5.73 Å². The molecule has 0 atom stereocenters. The third kappa shape index (κ3) is 4.32. The number of nitrogens with zero attached hydrogens (tertiary/aromatic N) is 1. The van der Waals surface area contributed by atoms with E-state index in [-0.39, 0.29) is 11.9 Å². The van der Waals surface area contributed by atoms with Gasteiger partial charge in [-0.15, -0.1) is 0 Å². The molecule has 0 saturated carbocycles. The lowest BCUT2D eigenvalue weighted by Gasteiger charge is -2.29. The average molecular weight is 285 g/mol. The van der Waals surface area contributed by atoms with Gasteiger partial charge >= 0.3 is 0 Å². The predicted octanol–water partition coefficient (Wildman–Crippen LogP) is 1.13. The molecule has 0 aliphatic carbocycles. The summed E-state index contributed by atoms with van der Waals surface area (Å²) in [5.41, 5.74) is 8.01. The third-order valence-corrected chi connectivity index (χ3v) is 3.87. The zero-order valence-corrected chi connectivity index (χ0v) is 12.8. The van der Waals surface area contributed by atoms with Gasteiger partial charge in [0.05, 0.1) is 6.54 Å². The van der Waals surface area contributed by atoms with Gasteiger partial charge in [-0.1, -0.05) is 11.8 Å². The van der Waals surface area contributed by atoms with Crippen molar-refractivity contribution in [1.29, 1.82) is 0 Å². The molecule has 0 unspecified atom stereocenters. The molecule has 1 aromatic rings. The van der Waals surface area contributed by atoms with Crippen LogP contribution in [0.4, 0.5) is 0 Å². The molecule has 1 aliphatic rings. The molecule has 112 valence electrons. The quantitative estimate of drug-likeness (QED) is 0.801. The SMILES string of the molecule is Cc1cc(C(=O)NC2CCN(C)CC2)ccc1C#CCN. The summed E-state index contributed by atoms with van der Waals surface area (Å²) in [6.45, 7) is 4.39. The number of nitrogens with two attached hydrogens (primary N) is 1. The fraction of sp³-hybridized carbons (Fsp3) is 0.471. The van der Waals surface area contributed by atoms with Gasteiger partial charge in [-0.2, -0.15) is 0 Å². The van der Waals surface area contributed by atoms with Crippen LogP contribution in [0.15, 0.2) is 18.2 Å². The number of likely N-dealkylation sites (tertiary alicyclic amines) is 1. The zero-order chi connectivity index (χ0) is 15.2. The molecule has 3 N–H and O–H groups in total. The maximum Gasteiger partial charge on any atom is 0.251 e. The number of piperidine rings is 1. The van der Waals surface area contributed by atoms with Crippen molar-refractivity contribution in [2.24, 2.45) is 5.73 Å². The number of rotatable bonds is 2. The number of hydrogen-bond donors (Lipinski definition) is 2. The maximum absolute atomic E-state index is 12.3. The maximum atomic E-state index is 12.3. The van der Waals surface area contributed by atoms with Crippen molar-refractivity contribution >= 4 is 5.91 Å². The van der Waals surface area contributed by atoms with E-state index in [9.17, 15) is 4.79 Å². The predicted molar refractivity (Wildman–Crippen MR) is 85.1 cm³/mol. The highest BCUT2D eigenvalue weighted by atomic mass is 16.1. The Bertz CT molecular complexity index is 563. The highest BCUT2D eigenvalue weighted by Crippen LogP contribution is 2.12. The van der Waals surface area contributed by atoms with Crippen LogP contribution in [0, 0.1) is 18.8 Å². The van der Waals surface area contributed by atoms with Crippen LogP contribution in [0.5, 0.6) is 0 Å². The first-order chi connectivity index (χ1) is 10.1. The highest BCUT2D eigenvalue weighted by molar-refractivity contribution is 5.94. The molecular formula is C17H23N3O. The summed E-state index contributed by atoms with van der Waals surface area (Å²) < 4.78 is 0. The molecule has 0 bridgehead atoms. The molecule has 1 aromatic carbocycles. The number of benzene rings is 1. The van der Waals surface area contributed by atoms with Gasteiger partial charge in [-0.3, -0.25) is 4.79 Å². The van der Waals surface area contributed by atoms with E-state index in [2.05, 4.69) is 29.1 Å². The van der Waals surface area contributed by atoms with E-state index in [1.54, 1.807) is 0 Å². The van der Waals surface area contributed by atoms with Crippen molar-refractivity contribution < 1.29 is 4.79 Å². The van der Waals surface area contributed by atoms with Crippen molar-refractivity contribution in [3.63, 3.8) is 0 Å². The standard InChI is InChI=1S/C17H23N3O/c1-13-12-15(6-5-14(13)4-3-9-18)17(21)19-16-7-10-20(2)11-8-16/h5-6,12,16H,7-11,18H2,1-2H3,(H,19,21). The third-order valence-electron chi connectivity index (χ3n) is 3.87. The zero-order valence-electron chi connectivity index (χ0n) is 12.8. The number of amides is 1. The second-order valence-corrected chi connectivity index (χ2v) is 5.59. The number of nitrogens with one attached hydrogen (secondary N) is 1. The molecule has 0 aromatic heterocycles. The Labute approximate surface area is 126 Å². The highest BCUT2D eigenvalue weighted by Gasteiger charge is 2.19. The fourth-order valence-corrected chi connectivity index (χ4v) is 2.51. The van der Waals surface area contributed by atoms with Gasteiger partial charge < -0.3 is 16.0 Å².